The molecule has 1 aromatic heterocycles. The molecule has 0 aliphatic heterocycles. The predicted molar refractivity (Wildman–Crippen MR) is 86.6 cm³/mol. The number of furan rings is 1. The summed E-state index contributed by atoms with van der Waals surface area (Å²) in [5, 5.41) is 2.76. The second-order valence-electron chi connectivity index (χ2n) is 4.96. The van der Waals surface area contributed by atoms with Crippen molar-refractivity contribution in [3.05, 3.63) is 47.9 Å². The van der Waals surface area contributed by atoms with Crippen LogP contribution in [0.4, 0.5) is 5.69 Å². The van der Waals surface area contributed by atoms with Crippen LogP contribution in [-0.2, 0) is 4.79 Å². The van der Waals surface area contributed by atoms with E-state index in [4.69, 9.17) is 9.15 Å². The molecule has 23 heavy (non-hydrogen) atoms. The number of carbonyl (C=O) groups excluding carboxylic acids is 2. The fraction of sp³-hybridized carbons (Fsp3) is 0.294. The molecule has 6 nitrogen and oxygen atoms in total. The van der Waals surface area contributed by atoms with Gasteiger partial charge in [-0.05, 0) is 32.0 Å². The zero-order valence-electron chi connectivity index (χ0n) is 13.5. The van der Waals surface area contributed by atoms with Crippen LogP contribution >= 0.6 is 0 Å². The third-order valence-corrected chi connectivity index (χ3v) is 3.47. The molecule has 1 aromatic carbocycles. The maximum absolute atomic E-state index is 12.4. The summed E-state index contributed by atoms with van der Waals surface area (Å²) in [6.07, 6.45) is 1.46. The minimum absolute atomic E-state index is 0.0436. The Balaban J connectivity index is 2.05. The SMILES string of the molecule is CCN(CC(=O)Nc1ccccc1OC)C(=O)c1ccoc1C. The lowest BCUT2D eigenvalue weighted by Gasteiger charge is -2.20. The van der Waals surface area contributed by atoms with Gasteiger partial charge in [0.05, 0.1) is 24.6 Å². The van der Waals surface area contributed by atoms with Crippen LogP contribution < -0.4 is 10.1 Å². The Kier molecular flexibility index (Phi) is 5.41. The van der Waals surface area contributed by atoms with Gasteiger partial charge in [-0.3, -0.25) is 9.59 Å². The van der Waals surface area contributed by atoms with E-state index in [1.54, 1.807) is 31.2 Å². The van der Waals surface area contributed by atoms with Crippen LogP contribution in [0.15, 0.2) is 41.0 Å². The van der Waals surface area contributed by atoms with Crippen LogP contribution in [0.1, 0.15) is 23.0 Å². The van der Waals surface area contributed by atoms with Crippen LogP contribution in [0.5, 0.6) is 5.75 Å². The molecule has 0 saturated heterocycles. The minimum Gasteiger partial charge on any atom is -0.495 e. The van der Waals surface area contributed by atoms with Gasteiger partial charge in [0.25, 0.3) is 5.91 Å². The van der Waals surface area contributed by atoms with Crippen molar-refractivity contribution >= 4 is 17.5 Å². The Hall–Kier alpha value is -2.76. The van der Waals surface area contributed by atoms with E-state index in [0.717, 1.165) is 0 Å². The zero-order chi connectivity index (χ0) is 16.8. The van der Waals surface area contributed by atoms with Gasteiger partial charge in [-0.15, -0.1) is 0 Å². The number of nitrogens with one attached hydrogen (secondary N) is 1. The Morgan fingerprint density at radius 1 is 1.26 bits per heavy atom. The lowest BCUT2D eigenvalue weighted by molar-refractivity contribution is -0.116. The fourth-order valence-corrected chi connectivity index (χ4v) is 2.22. The Morgan fingerprint density at radius 3 is 2.61 bits per heavy atom. The van der Waals surface area contributed by atoms with Crippen molar-refractivity contribution < 1.29 is 18.7 Å². The molecule has 0 saturated carbocycles. The van der Waals surface area contributed by atoms with E-state index in [9.17, 15) is 9.59 Å². The van der Waals surface area contributed by atoms with Gasteiger partial charge >= 0.3 is 0 Å². The normalized spacial score (nSPS) is 10.2. The average Bonchev–Trinajstić information content (AvgIpc) is 2.98. The molecule has 6 heteroatoms. The van der Waals surface area contributed by atoms with Crippen molar-refractivity contribution in [3.63, 3.8) is 0 Å². The van der Waals surface area contributed by atoms with Gasteiger partial charge in [0, 0.05) is 6.54 Å². The highest BCUT2D eigenvalue weighted by atomic mass is 16.5. The third-order valence-electron chi connectivity index (χ3n) is 3.47. The number of hydrogen-bond donors (Lipinski definition) is 1. The standard InChI is InChI=1S/C17H20N2O4/c1-4-19(17(21)13-9-10-23-12(13)2)11-16(20)18-14-7-5-6-8-15(14)22-3/h5-10H,4,11H2,1-3H3,(H,18,20). The maximum Gasteiger partial charge on any atom is 0.257 e. The summed E-state index contributed by atoms with van der Waals surface area (Å²) < 4.78 is 10.3. The molecule has 2 rings (SSSR count). The van der Waals surface area contributed by atoms with E-state index in [-0.39, 0.29) is 18.4 Å². The highest BCUT2D eigenvalue weighted by molar-refractivity contribution is 6.00. The first-order valence-electron chi connectivity index (χ1n) is 7.33. The molecule has 0 spiro atoms. The number of hydrogen-bond acceptors (Lipinski definition) is 4. The van der Waals surface area contributed by atoms with Crippen LogP contribution in [-0.4, -0.2) is 36.9 Å². The van der Waals surface area contributed by atoms with Gasteiger partial charge < -0.3 is 19.4 Å². The second-order valence-corrected chi connectivity index (χ2v) is 4.96. The molecular weight excluding hydrogens is 296 g/mol. The fourth-order valence-electron chi connectivity index (χ4n) is 2.22. The number of carbonyl (C=O) groups is 2. The molecule has 0 unspecified atom stereocenters. The molecule has 0 aliphatic rings. The zero-order valence-corrected chi connectivity index (χ0v) is 13.5. The molecular formula is C17H20N2O4. The summed E-state index contributed by atoms with van der Waals surface area (Å²) in [4.78, 5) is 26.1. The lowest BCUT2D eigenvalue weighted by Crippen LogP contribution is -2.38. The highest BCUT2D eigenvalue weighted by Crippen LogP contribution is 2.23. The summed E-state index contributed by atoms with van der Waals surface area (Å²) in [5.41, 5.74) is 1.04. The van der Waals surface area contributed by atoms with Crippen LogP contribution in [0.2, 0.25) is 0 Å². The smallest absolute Gasteiger partial charge is 0.257 e. The Labute approximate surface area is 135 Å². The van der Waals surface area contributed by atoms with Gasteiger partial charge in [-0.1, -0.05) is 12.1 Å². The van der Waals surface area contributed by atoms with Gasteiger partial charge in [0.1, 0.15) is 18.1 Å². The van der Waals surface area contributed by atoms with E-state index in [1.807, 2.05) is 13.0 Å². The Morgan fingerprint density at radius 2 is 2.00 bits per heavy atom. The highest BCUT2D eigenvalue weighted by Gasteiger charge is 2.20. The number of benzene rings is 1. The number of rotatable bonds is 6. The molecule has 0 atom stereocenters. The molecule has 2 amide bonds. The summed E-state index contributed by atoms with van der Waals surface area (Å²) >= 11 is 0. The van der Waals surface area contributed by atoms with Gasteiger partial charge in [-0.2, -0.15) is 0 Å². The first kappa shape index (κ1) is 16.6. The average molecular weight is 316 g/mol. The molecule has 0 radical (unpaired) electrons. The first-order valence-corrected chi connectivity index (χ1v) is 7.33. The molecule has 122 valence electrons. The number of aryl methyl sites for hydroxylation is 1. The van der Waals surface area contributed by atoms with Gasteiger partial charge in [0.2, 0.25) is 5.91 Å². The topological polar surface area (TPSA) is 71.8 Å². The molecule has 1 heterocycles. The quantitative estimate of drug-likeness (QED) is 0.889. The van der Waals surface area contributed by atoms with Gasteiger partial charge in [-0.25, -0.2) is 0 Å². The van der Waals surface area contributed by atoms with Crippen molar-refractivity contribution in [2.75, 3.05) is 25.5 Å². The number of ether oxygens (including phenoxy) is 1. The van der Waals surface area contributed by atoms with Crippen LogP contribution in [0, 0.1) is 6.92 Å². The first-order chi connectivity index (χ1) is 11.1. The van der Waals surface area contributed by atoms with E-state index in [2.05, 4.69) is 5.32 Å². The number of anilines is 1. The number of methoxy groups -OCH3 is 1. The van der Waals surface area contributed by atoms with E-state index < -0.39 is 0 Å². The van der Waals surface area contributed by atoms with Crippen molar-refractivity contribution in [2.24, 2.45) is 0 Å². The van der Waals surface area contributed by atoms with Gasteiger partial charge in [0.15, 0.2) is 0 Å². The maximum atomic E-state index is 12.4. The molecule has 0 aliphatic carbocycles. The minimum atomic E-state index is -0.286. The molecule has 2 aromatic rings. The number of amides is 2. The van der Waals surface area contributed by atoms with E-state index in [1.165, 1.54) is 18.3 Å². The molecule has 0 fully saturated rings. The van der Waals surface area contributed by atoms with E-state index >= 15 is 0 Å². The van der Waals surface area contributed by atoms with Crippen molar-refractivity contribution in [3.8, 4) is 5.75 Å². The largest absolute Gasteiger partial charge is 0.495 e. The van der Waals surface area contributed by atoms with Crippen LogP contribution in [0.25, 0.3) is 0 Å². The number of likely N-dealkylation sites (N-methyl/N-ethyl adjacent to an activating group) is 1. The molecule has 0 bridgehead atoms. The number of para-hydroxylation sites is 2. The summed E-state index contributed by atoms with van der Waals surface area (Å²) in [6, 6.07) is 8.73. The van der Waals surface area contributed by atoms with Crippen molar-refractivity contribution in [1.29, 1.82) is 0 Å². The summed E-state index contributed by atoms with van der Waals surface area (Å²) in [5.74, 6) is 0.597. The Bertz CT molecular complexity index is 693. The summed E-state index contributed by atoms with van der Waals surface area (Å²) in [6.45, 7) is 3.92. The predicted octanol–water partition coefficient (Wildman–Crippen LogP) is 2.70. The number of nitrogens with zero attached hydrogens (tertiary/aromatic N) is 1. The summed E-state index contributed by atoms with van der Waals surface area (Å²) in [7, 11) is 1.54. The monoisotopic (exact) mass is 316 g/mol. The van der Waals surface area contributed by atoms with E-state index in [0.29, 0.717) is 29.3 Å². The lowest BCUT2D eigenvalue weighted by atomic mass is 10.2. The van der Waals surface area contributed by atoms with Crippen molar-refractivity contribution in [1.82, 2.24) is 4.90 Å². The second kappa shape index (κ2) is 7.49. The van der Waals surface area contributed by atoms with Crippen LogP contribution in [0.3, 0.4) is 0 Å². The third kappa shape index (κ3) is 3.91. The van der Waals surface area contributed by atoms with Crippen molar-refractivity contribution in [2.45, 2.75) is 13.8 Å². The molecule has 1 N–H and O–H groups in total.